The van der Waals surface area contributed by atoms with Gasteiger partial charge in [-0.25, -0.2) is 4.39 Å². The van der Waals surface area contributed by atoms with Crippen molar-refractivity contribution in [1.29, 1.82) is 0 Å². The van der Waals surface area contributed by atoms with Crippen LogP contribution >= 0.6 is 0 Å². The SMILES string of the molecule is COc1cc(F)ccc1NC1CC(OC)C1. The first kappa shape index (κ1) is 11.2. The summed E-state index contributed by atoms with van der Waals surface area (Å²) in [6.07, 6.45) is 2.32. The number of rotatable bonds is 4. The molecule has 1 saturated carbocycles. The van der Waals surface area contributed by atoms with Crippen LogP contribution < -0.4 is 10.1 Å². The van der Waals surface area contributed by atoms with E-state index in [2.05, 4.69) is 5.32 Å². The van der Waals surface area contributed by atoms with Crippen molar-refractivity contribution in [2.75, 3.05) is 19.5 Å². The van der Waals surface area contributed by atoms with Crippen LogP contribution in [0.25, 0.3) is 0 Å². The molecule has 3 nitrogen and oxygen atoms in total. The van der Waals surface area contributed by atoms with Crippen molar-refractivity contribution in [1.82, 2.24) is 0 Å². The van der Waals surface area contributed by atoms with Gasteiger partial charge in [0.1, 0.15) is 11.6 Å². The van der Waals surface area contributed by atoms with E-state index in [0.29, 0.717) is 17.9 Å². The molecule has 0 saturated heterocycles. The number of benzene rings is 1. The Hall–Kier alpha value is -1.29. The molecule has 2 rings (SSSR count). The van der Waals surface area contributed by atoms with E-state index in [-0.39, 0.29) is 5.82 Å². The molecule has 0 heterocycles. The molecule has 0 atom stereocenters. The highest BCUT2D eigenvalue weighted by molar-refractivity contribution is 5.57. The number of anilines is 1. The summed E-state index contributed by atoms with van der Waals surface area (Å²) in [5.41, 5.74) is 0.837. The molecule has 0 aromatic heterocycles. The fourth-order valence-electron chi connectivity index (χ4n) is 1.88. The molecular formula is C12H16FNO2. The van der Waals surface area contributed by atoms with Gasteiger partial charge < -0.3 is 14.8 Å². The molecule has 1 aliphatic rings. The molecule has 1 aliphatic carbocycles. The molecule has 0 radical (unpaired) electrons. The quantitative estimate of drug-likeness (QED) is 0.853. The van der Waals surface area contributed by atoms with Crippen LogP contribution in [-0.4, -0.2) is 26.4 Å². The molecule has 4 heteroatoms. The van der Waals surface area contributed by atoms with E-state index in [4.69, 9.17) is 9.47 Å². The lowest BCUT2D eigenvalue weighted by Gasteiger charge is -2.35. The smallest absolute Gasteiger partial charge is 0.144 e. The zero-order valence-corrected chi connectivity index (χ0v) is 9.50. The van der Waals surface area contributed by atoms with Crippen LogP contribution in [0.1, 0.15) is 12.8 Å². The van der Waals surface area contributed by atoms with E-state index >= 15 is 0 Å². The Balaban J connectivity index is 1.99. The first-order valence-corrected chi connectivity index (χ1v) is 5.36. The molecule has 1 aromatic carbocycles. The average Bonchev–Trinajstić information content (AvgIpc) is 2.24. The summed E-state index contributed by atoms with van der Waals surface area (Å²) >= 11 is 0. The fraction of sp³-hybridized carbons (Fsp3) is 0.500. The molecule has 0 unspecified atom stereocenters. The predicted molar refractivity (Wildman–Crippen MR) is 60.4 cm³/mol. The zero-order valence-electron chi connectivity index (χ0n) is 9.50. The van der Waals surface area contributed by atoms with Crippen molar-refractivity contribution < 1.29 is 13.9 Å². The van der Waals surface area contributed by atoms with Crippen molar-refractivity contribution in [3.05, 3.63) is 24.0 Å². The minimum Gasteiger partial charge on any atom is -0.494 e. The number of nitrogens with one attached hydrogen (secondary N) is 1. The van der Waals surface area contributed by atoms with Gasteiger partial charge in [0.05, 0.1) is 18.9 Å². The minimum atomic E-state index is -0.286. The first-order valence-electron chi connectivity index (χ1n) is 5.36. The molecule has 0 bridgehead atoms. The van der Waals surface area contributed by atoms with Crippen LogP contribution in [-0.2, 0) is 4.74 Å². The zero-order chi connectivity index (χ0) is 11.5. The average molecular weight is 225 g/mol. The fourth-order valence-corrected chi connectivity index (χ4v) is 1.88. The normalized spacial score (nSPS) is 23.7. The van der Waals surface area contributed by atoms with Crippen LogP contribution in [0.15, 0.2) is 18.2 Å². The van der Waals surface area contributed by atoms with E-state index in [9.17, 15) is 4.39 Å². The van der Waals surface area contributed by atoms with Crippen LogP contribution in [0.2, 0.25) is 0 Å². The van der Waals surface area contributed by atoms with Gasteiger partial charge in [-0.3, -0.25) is 0 Å². The summed E-state index contributed by atoms with van der Waals surface area (Å²) in [5.74, 6) is 0.256. The molecule has 88 valence electrons. The second kappa shape index (κ2) is 4.70. The molecule has 16 heavy (non-hydrogen) atoms. The maximum atomic E-state index is 13.0. The topological polar surface area (TPSA) is 30.5 Å². The van der Waals surface area contributed by atoms with E-state index in [1.807, 2.05) is 0 Å². The van der Waals surface area contributed by atoms with Crippen molar-refractivity contribution in [2.24, 2.45) is 0 Å². The van der Waals surface area contributed by atoms with E-state index in [1.165, 1.54) is 12.1 Å². The third kappa shape index (κ3) is 2.27. The highest BCUT2D eigenvalue weighted by Gasteiger charge is 2.29. The lowest BCUT2D eigenvalue weighted by Crippen LogP contribution is -2.40. The maximum absolute atomic E-state index is 13.0. The van der Waals surface area contributed by atoms with E-state index in [1.54, 1.807) is 20.3 Å². The number of hydrogen-bond donors (Lipinski definition) is 1. The third-order valence-electron chi connectivity index (χ3n) is 2.95. The van der Waals surface area contributed by atoms with Gasteiger partial charge >= 0.3 is 0 Å². The third-order valence-corrected chi connectivity index (χ3v) is 2.95. The lowest BCUT2D eigenvalue weighted by atomic mass is 9.89. The number of halogens is 1. The Morgan fingerprint density at radius 2 is 2.06 bits per heavy atom. The Morgan fingerprint density at radius 1 is 1.31 bits per heavy atom. The molecule has 1 aromatic rings. The number of hydrogen-bond acceptors (Lipinski definition) is 3. The van der Waals surface area contributed by atoms with E-state index < -0.39 is 0 Å². The highest BCUT2D eigenvalue weighted by Crippen LogP contribution is 2.31. The molecule has 0 amide bonds. The van der Waals surface area contributed by atoms with Gasteiger partial charge in [0.15, 0.2) is 0 Å². The molecule has 1 fully saturated rings. The second-order valence-electron chi connectivity index (χ2n) is 4.01. The van der Waals surface area contributed by atoms with Crippen LogP contribution in [0, 0.1) is 5.82 Å². The lowest BCUT2D eigenvalue weighted by molar-refractivity contribution is 0.0328. The molecule has 1 N–H and O–H groups in total. The number of methoxy groups -OCH3 is 2. The summed E-state index contributed by atoms with van der Waals surface area (Å²) in [6, 6.07) is 4.91. The van der Waals surface area contributed by atoms with Gasteiger partial charge in [0, 0.05) is 19.2 Å². The Morgan fingerprint density at radius 3 is 2.69 bits per heavy atom. The Bertz CT molecular complexity index is 364. The summed E-state index contributed by atoms with van der Waals surface area (Å²) < 4.78 is 23.3. The van der Waals surface area contributed by atoms with Gasteiger partial charge in [-0.2, -0.15) is 0 Å². The van der Waals surface area contributed by atoms with Crippen molar-refractivity contribution in [2.45, 2.75) is 25.0 Å². The van der Waals surface area contributed by atoms with Crippen molar-refractivity contribution in [3.8, 4) is 5.75 Å². The first-order chi connectivity index (χ1) is 7.72. The molecule has 0 spiro atoms. The summed E-state index contributed by atoms with van der Waals surface area (Å²) in [6.45, 7) is 0. The van der Waals surface area contributed by atoms with Gasteiger partial charge in [-0.1, -0.05) is 0 Å². The van der Waals surface area contributed by atoms with Crippen LogP contribution in [0.5, 0.6) is 5.75 Å². The monoisotopic (exact) mass is 225 g/mol. The van der Waals surface area contributed by atoms with Crippen LogP contribution in [0.4, 0.5) is 10.1 Å². The summed E-state index contributed by atoms with van der Waals surface area (Å²) in [5, 5.41) is 3.32. The standard InChI is InChI=1S/C12H16FNO2/c1-15-10-6-9(7-10)14-11-4-3-8(13)5-12(11)16-2/h3-5,9-10,14H,6-7H2,1-2H3. The van der Waals surface area contributed by atoms with Crippen molar-refractivity contribution >= 4 is 5.69 Å². The maximum Gasteiger partial charge on any atom is 0.144 e. The van der Waals surface area contributed by atoms with Crippen LogP contribution in [0.3, 0.4) is 0 Å². The molecular weight excluding hydrogens is 209 g/mol. The second-order valence-corrected chi connectivity index (χ2v) is 4.01. The van der Waals surface area contributed by atoms with Gasteiger partial charge in [-0.15, -0.1) is 0 Å². The van der Waals surface area contributed by atoms with E-state index in [0.717, 1.165) is 18.5 Å². The summed E-state index contributed by atoms with van der Waals surface area (Å²) in [7, 11) is 3.26. The number of ether oxygens (including phenoxy) is 2. The Labute approximate surface area is 94.6 Å². The predicted octanol–water partition coefficient (Wildman–Crippen LogP) is 2.42. The highest BCUT2D eigenvalue weighted by atomic mass is 19.1. The van der Waals surface area contributed by atoms with Crippen molar-refractivity contribution in [3.63, 3.8) is 0 Å². The Kier molecular flexibility index (Phi) is 3.29. The molecule has 0 aliphatic heterocycles. The largest absolute Gasteiger partial charge is 0.494 e. The summed E-state index contributed by atoms with van der Waals surface area (Å²) in [4.78, 5) is 0. The minimum absolute atomic E-state index is 0.286. The van der Waals surface area contributed by atoms with Gasteiger partial charge in [0.2, 0.25) is 0 Å². The van der Waals surface area contributed by atoms with Gasteiger partial charge in [0.25, 0.3) is 0 Å². The van der Waals surface area contributed by atoms with Gasteiger partial charge in [-0.05, 0) is 25.0 Å².